The largest absolute Gasteiger partial charge is 0.376 e. The van der Waals surface area contributed by atoms with Gasteiger partial charge < -0.3 is 14.8 Å². The SMILES string of the molecule is Cc1cc(C)cc(C[C@H](C)NC(=O)[C@@H]2COCCO2)c1. The van der Waals surface area contributed by atoms with Gasteiger partial charge in [-0.25, -0.2) is 0 Å². The van der Waals surface area contributed by atoms with Gasteiger partial charge in [0.2, 0.25) is 0 Å². The lowest BCUT2D eigenvalue weighted by Gasteiger charge is -2.24. The van der Waals surface area contributed by atoms with E-state index in [4.69, 9.17) is 9.47 Å². The van der Waals surface area contributed by atoms with Crippen LogP contribution in [0, 0.1) is 13.8 Å². The average molecular weight is 277 g/mol. The van der Waals surface area contributed by atoms with Gasteiger partial charge in [-0.1, -0.05) is 29.3 Å². The summed E-state index contributed by atoms with van der Waals surface area (Å²) in [5.74, 6) is -0.0819. The summed E-state index contributed by atoms with van der Waals surface area (Å²) in [5.41, 5.74) is 3.75. The van der Waals surface area contributed by atoms with Gasteiger partial charge in [-0.05, 0) is 32.8 Å². The highest BCUT2D eigenvalue weighted by Crippen LogP contribution is 2.11. The summed E-state index contributed by atoms with van der Waals surface area (Å²) in [7, 11) is 0. The van der Waals surface area contributed by atoms with E-state index in [-0.39, 0.29) is 11.9 Å². The molecule has 1 aliphatic heterocycles. The molecule has 1 fully saturated rings. The molecule has 2 atom stereocenters. The quantitative estimate of drug-likeness (QED) is 0.912. The molecular formula is C16H23NO3. The fourth-order valence-corrected chi connectivity index (χ4v) is 2.57. The van der Waals surface area contributed by atoms with Crippen LogP contribution in [0.2, 0.25) is 0 Å². The van der Waals surface area contributed by atoms with Crippen molar-refractivity contribution in [3.05, 3.63) is 34.9 Å². The Bertz CT molecular complexity index is 447. The molecule has 0 radical (unpaired) electrons. The highest BCUT2D eigenvalue weighted by Gasteiger charge is 2.23. The molecule has 20 heavy (non-hydrogen) atoms. The van der Waals surface area contributed by atoms with Crippen LogP contribution in [-0.4, -0.2) is 37.9 Å². The molecule has 0 unspecified atom stereocenters. The molecule has 0 aliphatic carbocycles. The standard InChI is InChI=1S/C16H23NO3/c1-11-6-12(2)8-14(7-11)9-13(3)17-16(18)15-10-19-4-5-20-15/h6-8,13,15H,4-5,9-10H2,1-3H3,(H,17,18)/t13-,15-/m0/s1. The Morgan fingerprint density at radius 2 is 2.00 bits per heavy atom. The summed E-state index contributed by atoms with van der Waals surface area (Å²) in [6, 6.07) is 6.56. The van der Waals surface area contributed by atoms with Crippen LogP contribution in [0.25, 0.3) is 0 Å². The van der Waals surface area contributed by atoms with Crippen LogP contribution >= 0.6 is 0 Å². The predicted molar refractivity (Wildman–Crippen MR) is 77.8 cm³/mol. The molecule has 1 aromatic carbocycles. The van der Waals surface area contributed by atoms with Gasteiger partial charge in [-0.2, -0.15) is 0 Å². The lowest BCUT2D eigenvalue weighted by atomic mass is 10.0. The minimum atomic E-state index is -0.467. The lowest BCUT2D eigenvalue weighted by molar-refractivity contribution is -0.148. The van der Waals surface area contributed by atoms with E-state index in [1.807, 2.05) is 6.92 Å². The van der Waals surface area contributed by atoms with Gasteiger partial charge in [0.1, 0.15) is 0 Å². The number of carbonyl (C=O) groups is 1. The Balaban J connectivity index is 1.88. The van der Waals surface area contributed by atoms with E-state index in [1.54, 1.807) is 0 Å². The molecule has 4 nitrogen and oxygen atoms in total. The number of amides is 1. The van der Waals surface area contributed by atoms with E-state index in [9.17, 15) is 4.79 Å². The molecule has 1 aromatic rings. The summed E-state index contributed by atoms with van der Waals surface area (Å²) >= 11 is 0. The Kier molecular flexibility index (Phi) is 5.15. The maximum absolute atomic E-state index is 12.0. The summed E-state index contributed by atoms with van der Waals surface area (Å²) in [6.07, 6.45) is 0.354. The normalized spacial score (nSPS) is 20.4. The van der Waals surface area contributed by atoms with Crippen molar-refractivity contribution < 1.29 is 14.3 Å². The number of benzene rings is 1. The van der Waals surface area contributed by atoms with Gasteiger partial charge in [-0.15, -0.1) is 0 Å². The minimum Gasteiger partial charge on any atom is -0.376 e. The molecule has 1 amide bonds. The molecule has 1 saturated heterocycles. The monoisotopic (exact) mass is 277 g/mol. The van der Waals surface area contributed by atoms with Crippen LogP contribution in [-0.2, 0) is 20.7 Å². The molecule has 1 heterocycles. The Morgan fingerprint density at radius 1 is 1.30 bits per heavy atom. The van der Waals surface area contributed by atoms with Crippen LogP contribution in [0.1, 0.15) is 23.6 Å². The van der Waals surface area contributed by atoms with Crippen LogP contribution in [0.3, 0.4) is 0 Å². The van der Waals surface area contributed by atoms with Crippen molar-refractivity contribution in [3.63, 3.8) is 0 Å². The maximum Gasteiger partial charge on any atom is 0.251 e. The van der Waals surface area contributed by atoms with Crippen molar-refractivity contribution in [2.24, 2.45) is 0 Å². The van der Waals surface area contributed by atoms with Gasteiger partial charge in [0.05, 0.1) is 19.8 Å². The van der Waals surface area contributed by atoms with Crippen molar-refractivity contribution in [3.8, 4) is 0 Å². The fraction of sp³-hybridized carbons (Fsp3) is 0.562. The Hall–Kier alpha value is -1.39. The second-order valence-electron chi connectivity index (χ2n) is 5.54. The Labute approximate surface area is 120 Å². The van der Waals surface area contributed by atoms with Crippen LogP contribution < -0.4 is 5.32 Å². The van der Waals surface area contributed by atoms with Gasteiger partial charge in [-0.3, -0.25) is 4.79 Å². The molecule has 2 rings (SSSR count). The number of hydrogen-bond acceptors (Lipinski definition) is 3. The van der Waals surface area contributed by atoms with E-state index in [1.165, 1.54) is 16.7 Å². The smallest absolute Gasteiger partial charge is 0.251 e. The third-order valence-electron chi connectivity index (χ3n) is 3.32. The first-order valence-corrected chi connectivity index (χ1v) is 7.11. The molecule has 110 valence electrons. The molecular weight excluding hydrogens is 254 g/mol. The van der Waals surface area contributed by atoms with Crippen molar-refractivity contribution in [1.82, 2.24) is 5.32 Å². The second-order valence-corrected chi connectivity index (χ2v) is 5.54. The third-order valence-corrected chi connectivity index (χ3v) is 3.32. The van der Waals surface area contributed by atoms with Crippen molar-refractivity contribution in [2.75, 3.05) is 19.8 Å². The fourth-order valence-electron chi connectivity index (χ4n) is 2.57. The second kappa shape index (κ2) is 6.86. The predicted octanol–water partition coefficient (Wildman–Crippen LogP) is 1.77. The number of rotatable bonds is 4. The number of hydrogen-bond donors (Lipinski definition) is 1. The first-order valence-electron chi connectivity index (χ1n) is 7.11. The molecule has 4 heteroatoms. The number of carbonyl (C=O) groups excluding carboxylic acids is 1. The van der Waals surface area contributed by atoms with Crippen LogP contribution in [0.15, 0.2) is 18.2 Å². The van der Waals surface area contributed by atoms with Gasteiger partial charge in [0.15, 0.2) is 6.10 Å². The van der Waals surface area contributed by atoms with Gasteiger partial charge in [0, 0.05) is 6.04 Å². The van der Waals surface area contributed by atoms with Crippen LogP contribution in [0.5, 0.6) is 0 Å². The molecule has 1 aliphatic rings. The van der Waals surface area contributed by atoms with Crippen LogP contribution in [0.4, 0.5) is 0 Å². The molecule has 0 bridgehead atoms. The molecule has 0 aromatic heterocycles. The van der Waals surface area contributed by atoms with E-state index in [0.29, 0.717) is 19.8 Å². The summed E-state index contributed by atoms with van der Waals surface area (Å²) in [4.78, 5) is 12.0. The van der Waals surface area contributed by atoms with Crippen molar-refractivity contribution >= 4 is 5.91 Å². The van der Waals surface area contributed by atoms with E-state index >= 15 is 0 Å². The summed E-state index contributed by atoms with van der Waals surface area (Å²) in [5, 5.41) is 2.99. The first kappa shape index (κ1) is 15.0. The van der Waals surface area contributed by atoms with Crippen molar-refractivity contribution in [1.29, 1.82) is 0 Å². The zero-order chi connectivity index (χ0) is 14.5. The van der Waals surface area contributed by atoms with Gasteiger partial charge in [0.25, 0.3) is 5.91 Å². The highest BCUT2D eigenvalue weighted by molar-refractivity contribution is 5.81. The minimum absolute atomic E-state index is 0.0780. The number of nitrogens with one attached hydrogen (secondary N) is 1. The topological polar surface area (TPSA) is 47.6 Å². The van der Waals surface area contributed by atoms with Crippen molar-refractivity contribution in [2.45, 2.75) is 39.3 Å². The van der Waals surface area contributed by atoms with E-state index in [0.717, 1.165) is 6.42 Å². The maximum atomic E-state index is 12.0. The zero-order valence-corrected chi connectivity index (χ0v) is 12.4. The zero-order valence-electron chi connectivity index (χ0n) is 12.4. The third kappa shape index (κ3) is 4.32. The van der Waals surface area contributed by atoms with Gasteiger partial charge >= 0.3 is 0 Å². The first-order chi connectivity index (χ1) is 9.54. The number of aryl methyl sites for hydroxylation is 2. The van der Waals surface area contributed by atoms with E-state index < -0.39 is 6.10 Å². The summed E-state index contributed by atoms with van der Waals surface area (Å²) < 4.78 is 10.6. The average Bonchev–Trinajstić information content (AvgIpc) is 2.38. The molecule has 0 spiro atoms. The Morgan fingerprint density at radius 3 is 2.60 bits per heavy atom. The molecule has 1 N–H and O–H groups in total. The molecule has 0 saturated carbocycles. The number of ether oxygens (including phenoxy) is 2. The highest BCUT2D eigenvalue weighted by atomic mass is 16.6. The summed E-state index contributed by atoms with van der Waals surface area (Å²) in [6.45, 7) is 7.60. The van der Waals surface area contributed by atoms with E-state index in [2.05, 4.69) is 37.4 Å². The lowest BCUT2D eigenvalue weighted by Crippen LogP contribution is -2.46.